The van der Waals surface area contributed by atoms with Crippen LogP contribution in [0, 0.1) is 5.82 Å². The van der Waals surface area contributed by atoms with Crippen molar-refractivity contribution in [3.63, 3.8) is 0 Å². The van der Waals surface area contributed by atoms with E-state index in [1.165, 1.54) is 38.5 Å². The number of carbonyl (C=O) groups is 2. The van der Waals surface area contributed by atoms with Crippen molar-refractivity contribution in [1.82, 2.24) is 5.32 Å². The van der Waals surface area contributed by atoms with Crippen molar-refractivity contribution in [3.8, 4) is 0 Å². The van der Waals surface area contributed by atoms with Crippen LogP contribution in [0.1, 0.15) is 18.4 Å². The van der Waals surface area contributed by atoms with Gasteiger partial charge in [0, 0.05) is 16.7 Å². The first-order chi connectivity index (χ1) is 11.4. The van der Waals surface area contributed by atoms with Crippen molar-refractivity contribution in [2.45, 2.75) is 12.8 Å². The Bertz CT molecular complexity index is 725. The van der Waals surface area contributed by atoms with Crippen LogP contribution < -0.4 is 5.32 Å². The molecule has 1 aromatic carbocycles. The molecule has 1 aromatic rings. The second-order valence-corrected chi connectivity index (χ2v) is 5.72. The summed E-state index contributed by atoms with van der Waals surface area (Å²) in [4.78, 5) is 24.7. The molecule has 0 aromatic heterocycles. The highest BCUT2D eigenvalue weighted by molar-refractivity contribution is 9.09. The van der Waals surface area contributed by atoms with Crippen LogP contribution in [0.2, 0.25) is 0 Å². The number of hydrogen-bond donors (Lipinski definition) is 1. The third-order valence-corrected chi connectivity index (χ3v) is 4.35. The second-order valence-electron chi connectivity index (χ2n) is 5.16. The van der Waals surface area contributed by atoms with E-state index < -0.39 is 23.7 Å². The van der Waals surface area contributed by atoms with Gasteiger partial charge < -0.3 is 14.8 Å². The Morgan fingerprint density at radius 1 is 1.12 bits per heavy atom. The number of carbonyl (C=O) groups excluding carboxylic acids is 2. The number of hydrogen-bond acceptors (Lipinski definition) is 5. The van der Waals surface area contributed by atoms with Crippen LogP contribution >= 0.6 is 15.9 Å². The molecule has 0 amide bonds. The Kier molecular flexibility index (Phi) is 5.77. The molecule has 1 heterocycles. The molecule has 7 heteroatoms. The lowest BCUT2D eigenvalue weighted by atomic mass is 9.80. The van der Waals surface area contributed by atoms with Gasteiger partial charge in [-0.05, 0) is 24.6 Å². The highest BCUT2D eigenvalue weighted by Gasteiger charge is 2.38. The number of methoxy groups -OCH3 is 2. The Balaban J connectivity index is 2.70. The van der Waals surface area contributed by atoms with Gasteiger partial charge in [0.1, 0.15) is 5.82 Å². The van der Waals surface area contributed by atoms with Crippen LogP contribution in [0.3, 0.4) is 0 Å². The summed E-state index contributed by atoms with van der Waals surface area (Å²) in [6.07, 6.45) is 0. The van der Waals surface area contributed by atoms with Crippen LogP contribution in [-0.4, -0.2) is 31.5 Å². The summed E-state index contributed by atoms with van der Waals surface area (Å²) in [5.41, 5.74) is 2.32. The van der Waals surface area contributed by atoms with Gasteiger partial charge in [0.15, 0.2) is 0 Å². The summed E-state index contributed by atoms with van der Waals surface area (Å²) in [6, 6.07) is 5.64. The summed E-state index contributed by atoms with van der Waals surface area (Å²) in [7, 11) is 2.54. The Morgan fingerprint density at radius 3 is 2.17 bits per heavy atom. The zero-order valence-electron chi connectivity index (χ0n) is 13.5. The van der Waals surface area contributed by atoms with E-state index in [2.05, 4.69) is 21.2 Å². The monoisotopic (exact) mass is 397 g/mol. The standard InChI is InChI=1S/C17H17BrFNO4/c1-9-13(16(21)23-2)14(10-4-6-11(19)7-5-10)15(17(22)24-3)12(8-18)20-9/h4-7,14,20H,8H2,1-3H3. The number of benzene rings is 1. The van der Waals surface area contributed by atoms with Crippen molar-refractivity contribution in [1.29, 1.82) is 0 Å². The third-order valence-electron chi connectivity index (χ3n) is 3.79. The predicted molar refractivity (Wildman–Crippen MR) is 89.8 cm³/mol. The predicted octanol–water partition coefficient (Wildman–Crippen LogP) is 2.78. The summed E-state index contributed by atoms with van der Waals surface area (Å²) in [6.45, 7) is 1.72. The van der Waals surface area contributed by atoms with E-state index in [-0.39, 0.29) is 11.1 Å². The van der Waals surface area contributed by atoms with Gasteiger partial charge in [-0.25, -0.2) is 14.0 Å². The minimum absolute atomic E-state index is 0.284. The van der Waals surface area contributed by atoms with Crippen LogP contribution in [0.5, 0.6) is 0 Å². The fourth-order valence-corrected chi connectivity index (χ4v) is 3.16. The molecule has 1 atom stereocenters. The lowest BCUT2D eigenvalue weighted by Gasteiger charge is -2.30. The van der Waals surface area contributed by atoms with E-state index in [0.717, 1.165) is 0 Å². The van der Waals surface area contributed by atoms with Crippen LogP contribution in [0.15, 0.2) is 46.8 Å². The molecule has 0 aliphatic carbocycles. The van der Waals surface area contributed by atoms with Gasteiger partial charge >= 0.3 is 11.9 Å². The molecule has 1 aliphatic heterocycles. The van der Waals surface area contributed by atoms with Gasteiger partial charge in [0.25, 0.3) is 0 Å². The molecule has 1 aliphatic rings. The average molecular weight is 398 g/mol. The normalized spacial score (nSPS) is 17.5. The third kappa shape index (κ3) is 3.36. The minimum Gasteiger partial charge on any atom is -0.466 e. The van der Waals surface area contributed by atoms with Gasteiger partial charge in [-0.3, -0.25) is 0 Å². The molecule has 0 bridgehead atoms. The second kappa shape index (κ2) is 7.61. The van der Waals surface area contributed by atoms with E-state index in [1.54, 1.807) is 6.92 Å². The highest BCUT2D eigenvalue weighted by atomic mass is 79.9. The molecule has 2 rings (SSSR count). The summed E-state index contributed by atoms with van der Waals surface area (Å²) < 4.78 is 23.0. The summed E-state index contributed by atoms with van der Waals surface area (Å²) in [5.74, 6) is -2.25. The summed E-state index contributed by atoms with van der Waals surface area (Å²) in [5, 5.41) is 3.41. The van der Waals surface area contributed by atoms with Crippen molar-refractivity contribution >= 4 is 27.9 Å². The fraction of sp³-hybridized carbons (Fsp3) is 0.294. The lowest BCUT2D eigenvalue weighted by Crippen LogP contribution is -2.33. The zero-order valence-corrected chi connectivity index (χ0v) is 15.1. The molecule has 0 radical (unpaired) electrons. The molecule has 0 spiro atoms. The van der Waals surface area contributed by atoms with E-state index in [4.69, 9.17) is 9.47 Å². The average Bonchev–Trinajstić information content (AvgIpc) is 2.60. The molecular weight excluding hydrogens is 381 g/mol. The SMILES string of the molecule is COC(=O)C1=C(C)NC(CBr)=C(C(=O)OC)C1c1ccc(F)cc1. The topological polar surface area (TPSA) is 64.6 Å². The maximum atomic E-state index is 13.3. The first kappa shape index (κ1) is 18.2. The smallest absolute Gasteiger partial charge is 0.336 e. The summed E-state index contributed by atoms with van der Waals surface area (Å²) >= 11 is 3.34. The van der Waals surface area contributed by atoms with Gasteiger partial charge in [0.05, 0.1) is 31.3 Å². The molecule has 0 saturated heterocycles. The Hall–Kier alpha value is -2.15. The van der Waals surface area contributed by atoms with E-state index in [0.29, 0.717) is 22.3 Å². The molecule has 1 N–H and O–H groups in total. The number of allylic oxidation sites excluding steroid dienone is 2. The molecule has 5 nitrogen and oxygen atoms in total. The first-order valence-electron chi connectivity index (χ1n) is 7.13. The lowest BCUT2D eigenvalue weighted by molar-refractivity contribution is -0.137. The molecule has 128 valence electrons. The van der Waals surface area contributed by atoms with Crippen molar-refractivity contribution < 1.29 is 23.5 Å². The van der Waals surface area contributed by atoms with Gasteiger partial charge in [-0.2, -0.15) is 0 Å². The molecule has 0 saturated carbocycles. The number of esters is 2. The van der Waals surface area contributed by atoms with Crippen LogP contribution in [-0.2, 0) is 19.1 Å². The van der Waals surface area contributed by atoms with Gasteiger partial charge in [-0.15, -0.1) is 0 Å². The zero-order chi connectivity index (χ0) is 17.9. The van der Waals surface area contributed by atoms with Crippen molar-refractivity contribution in [2.75, 3.05) is 19.5 Å². The number of alkyl halides is 1. The molecular formula is C17H17BrFNO4. The van der Waals surface area contributed by atoms with Crippen LogP contribution in [0.4, 0.5) is 4.39 Å². The van der Waals surface area contributed by atoms with Crippen LogP contribution in [0.25, 0.3) is 0 Å². The number of rotatable bonds is 4. The quantitative estimate of drug-likeness (QED) is 0.624. The number of halogens is 2. The van der Waals surface area contributed by atoms with E-state index >= 15 is 0 Å². The Morgan fingerprint density at radius 2 is 1.67 bits per heavy atom. The maximum Gasteiger partial charge on any atom is 0.336 e. The molecule has 24 heavy (non-hydrogen) atoms. The van der Waals surface area contributed by atoms with Crippen molar-refractivity contribution in [3.05, 3.63) is 58.2 Å². The van der Waals surface area contributed by atoms with Gasteiger partial charge in [0.2, 0.25) is 0 Å². The number of nitrogens with one attached hydrogen (secondary N) is 1. The largest absolute Gasteiger partial charge is 0.466 e. The van der Waals surface area contributed by atoms with E-state index in [1.807, 2.05) is 0 Å². The first-order valence-corrected chi connectivity index (χ1v) is 8.25. The van der Waals surface area contributed by atoms with E-state index in [9.17, 15) is 14.0 Å². The van der Waals surface area contributed by atoms with Gasteiger partial charge in [-0.1, -0.05) is 28.1 Å². The number of dihydropyridines is 1. The highest BCUT2D eigenvalue weighted by Crippen LogP contribution is 2.39. The van der Waals surface area contributed by atoms with Crippen molar-refractivity contribution in [2.24, 2.45) is 0 Å². The minimum atomic E-state index is -0.709. The fourth-order valence-electron chi connectivity index (χ4n) is 2.72. The number of ether oxygens (including phenoxy) is 2. The molecule has 1 unspecified atom stereocenters. The maximum absolute atomic E-state index is 13.3. The molecule has 0 fully saturated rings. The Labute approximate surface area is 147 Å².